The van der Waals surface area contributed by atoms with Crippen molar-refractivity contribution in [2.75, 3.05) is 55.1 Å². The molecule has 1 unspecified atom stereocenters. The maximum atomic E-state index is 13.1. The predicted octanol–water partition coefficient (Wildman–Crippen LogP) is 5.20. The fraction of sp³-hybridized carbons (Fsp3) is 0.324. The number of amides is 1. The summed E-state index contributed by atoms with van der Waals surface area (Å²) in [5, 5.41) is 14.0. The van der Waals surface area contributed by atoms with Crippen LogP contribution in [0.5, 0.6) is 5.75 Å². The van der Waals surface area contributed by atoms with Crippen molar-refractivity contribution in [1.29, 1.82) is 0 Å². The summed E-state index contributed by atoms with van der Waals surface area (Å²) >= 11 is 0. The molecule has 13 heteroatoms. The monoisotopic (exact) mass is 639 g/mol. The number of hydrogen-bond donors (Lipinski definition) is 3. The lowest BCUT2D eigenvalue weighted by atomic mass is 10.1. The highest BCUT2D eigenvalue weighted by atomic mass is 16.5. The Labute approximate surface area is 274 Å². The molecule has 1 aliphatic heterocycles. The molecule has 0 spiro atoms. The van der Waals surface area contributed by atoms with Crippen molar-refractivity contribution in [2.45, 2.75) is 32.4 Å². The van der Waals surface area contributed by atoms with Gasteiger partial charge in [-0.25, -0.2) is 9.78 Å². The normalized spacial score (nSPS) is 14.5. The van der Waals surface area contributed by atoms with E-state index in [-0.39, 0.29) is 35.4 Å². The summed E-state index contributed by atoms with van der Waals surface area (Å²) in [7, 11) is 7.52. The van der Waals surface area contributed by atoms with Crippen LogP contribution in [0.15, 0.2) is 67.5 Å². The number of aromatic nitrogens is 4. The number of nitrogens with one attached hydrogen (secondary N) is 3. The standard InChI is InChI=1S/C34H41N9O4/c1-8-31(44)36-27-17-28(30(46-7)18-29(27)43(6)22-13-15-41(4)20-22)38-34-35-19-24(33(45)47-21(2)3)32(39-34)37-25-12-10-9-11-23(25)26-14-16-42(5)40-26/h8-12,14,16-19,21-22H,1,13,15,20H2,2-7H3,(H,36,44)(H2,35,37,38,39). The highest BCUT2D eigenvalue weighted by molar-refractivity contribution is 6.02. The molecule has 4 aromatic rings. The van der Waals surface area contributed by atoms with E-state index in [1.54, 1.807) is 31.7 Å². The molecule has 2 aromatic heterocycles. The predicted molar refractivity (Wildman–Crippen MR) is 184 cm³/mol. The lowest BCUT2D eigenvalue weighted by Gasteiger charge is -2.29. The summed E-state index contributed by atoms with van der Waals surface area (Å²) in [6.45, 7) is 9.05. The van der Waals surface area contributed by atoms with Crippen LogP contribution in [0.25, 0.3) is 11.3 Å². The maximum absolute atomic E-state index is 13.1. The lowest BCUT2D eigenvalue weighted by Crippen LogP contribution is -2.34. The molecule has 1 atom stereocenters. The average molecular weight is 640 g/mol. The number of hydrogen-bond acceptors (Lipinski definition) is 11. The van der Waals surface area contributed by atoms with E-state index in [4.69, 9.17) is 14.5 Å². The van der Waals surface area contributed by atoms with E-state index < -0.39 is 5.97 Å². The number of anilines is 6. The quantitative estimate of drug-likeness (QED) is 0.139. The fourth-order valence-electron chi connectivity index (χ4n) is 5.42. The molecular weight excluding hydrogens is 598 g/mol. The van der Waals surface area contributed by atoms with Crippen LogP contribution in [-0.2, 0) is 16.6 Å². The Balaban J connectivity index is 1.54. The van der Waals surface area contributed by atoms with E-state index in [0.717, 1.165) is 36.5 Å². The van der Waals surface area contributed by atoms with Gasteiger partial charge in [0.15, 0.2) is 5.82 Å². The van der Waals surface area contributed by atoms with Gasteiger partial charge in [-0.15, -0.1) is 0 Å². The molecule has 0 saturated carbocycles. The Morgan fingerprint density at radius 3 is 2.55 bits per heavy atom. The molecule has 1 amide bonds. The summed E-state index contributed by atoms with van der Waals surface area (Å²) in [6, 6.07) is 13.4. The number of benzene rings is 2. The van der Waals surface area contributed by atoms with Crippen LogP contribution < -0.4 is 25.6 Å². The van der Waals surface area contributed by atoms with E-state index in [1.807, 2.05) is 56.7 Å². The minimum atomic E-state index is -0.568. The topological polar surface area (TPSA) is 139 Å². The number of likely N-dealkylation sites (N-methyl/N-ethyl adjacent to an activating group) is 2. The van der Waals surface area contributed by atoms with Crippen LogP contribution in [-0.4, -0.2) is 83.0 Å². The largest absolute Gasteiger partial charge is 0.494 e. The van der Waals surface area contributed by atoms with Crippen LogP contribution in [0.1, 0.15) is 30.6 Å². The Hall–Kier alpha value is -5.43. The van der Waals surface area contributed by atoms with Gasteiger partial charge in [0.25, 0.3) is 0 Å². The van der Waals surface area contributed by atoms with E-state index in [2.05, 4.69) is 49.5 Å². The molecule has 3 heterocycles. The third-order valence-electron chi connectivity index (χ3n) is 7.82. The number of nitrogens with zero attached hydrogens (tertiary/aromatic N) is 6. The smallest absolute Gasteiger partial charge is 0.343 e. The van der Waals surface area contributed by atoms with Gasteiger partial charge < -0.3 is 35.2 Å². The number of aryl methyl sites for hydroxylation is 1. The number of likely N-dealkylation sites (tertiary alicyclic amines) is 1. The lowest BCUT2D eigenvalue weighted by molar-refractivity contribution is -0.111. The first kappa shape index (κ1) is 32.9. The van der Waals surface area contributed by atoms with Gasteiger partial charge in [-0.1, -0.05) is 24.8 Å². The van der Waals surface area contributed by atoms with Crippen LogP contribution in [0, 0.1) is 0 Å². The molecule has 1 fully saturated rings. The SMILES string of the molecule is C=CC(=O)Nc1cc(Nc2ncc(C(=O)OC(C)C)c(Nc3ccccc3-c3ccn(C)n3)n2)c(OC)cc1N(C)C1CCN(C)C1. The Morgan fingerprint density at radius 2 is 1.89 bits per heavy atom. The van der Waals surface area contributed by atoms with E-state index in [9.17, 15) is 9.59 Å². The van der Waals surface area contributed by atoms with Crippen molar-refractivity contribution in [3.63, 3.8) is 0 Å². The average Bonchev–Trinajstić information content (AvgIpc) is 3.68. The van der Waals surface area contributed by atoms with Crippen molar-refractivity contribution >= 4 is 46.4 Å². The molecule has 0 bridgehead atoms. The molecule has 13 nitrogen and oxygen atoms in total. The van der Waals surface area contributed by atoms with Crippen LogP contribution in [0.4, 0.5) is 34.5 Å². The zero-order valence-electron chi connectivity index (χ0n) is 27.6. The number of rotatable bonds is 12. The van der Waals surface area contributed by atoms with E-state index >= 15 is 0 Å². The summed E-state index contributed by atoms with van der Waals surface area (Å²) in [5.74, 6) is 0.0128. The minimum absolute atomic E-state index is 0.157. The van der Waals surface area contributed by atoms with Crippen molar-refractivity contribution in [2.24, 2.45) is 7.05 Å². The zero-order chi connectivity index (χ0) is 33.7. The molecule has 3 N–H and O–H groups in total. The van der Waals surface area contributed by atoms with Gasteiger partial charge in [0, 0.05) is 56.4 Å². The zero-order valence-corrected chi connectivity index (χ0v) is 27.6. The second kappa shape index (κ2) is 14.3. The summed E-state index contributed by atoms with van der Waals surface area (Å²) < 4.78 is 13.0. The number of methoxy groups -OCH3 is 1. The van der Waals surface area contributed by atoms with Crippen molar-refractivity contribution < 1.29 is 19.1 Å². The molecule has 246 valence electrons. The second-order valence-corrected chi connectivity index (χ2v) is 11.7. The Morgan fingerprint density at radius 1 is 1.11 bits per heavy atom. The highest BCUT2D eigenvalue weighted by Gasteiger charge is 2.27. The molecule has 5 rings (SSSR count). The van der Waals surface area contributed by atoms with Crippen LogP contribution in [0.3, 0.4) is 0 Å². The van der Waals surface area contributed by atoms with E-state index in [0.29, 0.717) is 22.8 Å². The Bertz CT molecular complexity index is 1770. The number of carbonyl (C=O) groups excluding carboxylic acids is 2. The summed E-state index contributed by atoms with van der Waals surface area (Å²) in [6.07, 6.45) is 5.14. The van der Waals surface area contributed by atoms with Gasteiger partial charge >= 0.3 is 5.97 Å². The van der Waals surface area contributed by atoms with Crippen LogP contribution >= 0.6 is 0 Å². The molecule has 0 aliphatic carbocycles. The summed E-state index contributed by atoms with van der Waals surface area (Å²) in [4.78, 5) is 39.2. The molecule has 1 saturated heterocycles. The maximum Gasteiger partial charge on any atom is 0.343 e. The molecule has 47 heavy (non-hydrogen) atoms. The number of ether oxygens (including phenoxy) is 2. The fourth-order valence-corrected chi connectivity index (χ4v) is 5.42. The molecule has 2 aromatic carbocycles. The van der Waals surface area contributed by atoms with Gasteiger partial charge in [-0.3, -0.25) is 9.48 Å². The van der Waals surface area contributed by atoms with Gasteiger partial charge in [0.2, 0.25) is 11.9 Å². The van der Waals surface area contributed by atoms with Gasteiger partial charge in [0.05, 0.1) is 36.0 Å². The highest BCUT2D eigenvalue weighted by Crippen LogP contribution is 2.39. The first-order valence-corrected chi connectivity index (χ1v) is 15.3. The Kier molecular flexibility index (Phi) is 10.0. The number of para-hydroxylation sites is 1. The minimum Gasteiger partial charge on any atom is -0.494 e. The van der Waals surface area contributed by atoms with Crippen molar-refractivity contribution in [3.8, 4) is 17.0 Å². The number of carbonyl (C=O) groups is 2. The van der Waals surface area contributed by atoms with Crippen molar-refractivity contribution in [3.05, 3.63) is 73.1 Å². The molecule has 0 radical (unpaired) electrons. The number of esters is 1. The molecule has 1 aliphatic rings. The first-order valence-electron chi connectivity index (χ1n) is 15.3. The third-order valence-corrected chi connectivity index (χ3v) is 7.82. The van der Waals surface area contributed by atoms with Gasteiger partial charge in [-0.05, 0) is 58.1 Å². The van der Waals surface area contributed by atoms with Crippen molar-refractivity contribution in [1.82, 2.24) is 24.6 Å². The van der Waals surface area contributed by atoms with Gasteiger partial charge in [0.1, 0.15) is 11.3 Å². The van der Waals surface area contributed by atoms with E-state index in [1.165, 1.54) is 12.3 Å². The molecular formula is C34H41N9O4. The summed E-state index contributed by atoms with van der Waals surface area (Å²) in [5.41, 5.74) is 4.28. The van der Waals surface area contributed by atoms with Gasteiger partial charge in [-0.2, -0.15) is 10.1 Å². The third kappa shape index (κ3) is 7.69. The second-order valence-electron chi connectivity index (χ2n) is 11.7. The van der Waals surface area contributed by atoms with Crippen LogP contribution in [0.2, 0.25) is 0 Å². The first-order chi connectivity index (χ1) is 22.6.